The highest BCUT2D eigenvalue weighted by Crippen LogP contribution is 2.16. The largest absolute Gasteiger partial charge is 0.386 e. The topological polar surface area (TPSA) is 65.9 Å². The fourth-order valence-corrected chi connectivity index (χ4v) is 2.44. The number of hydrogen-bond donors (Lipinski definition) is 3. The van der Waals surface area contributed by atoms with Crippen molar-refractivity contribution in [1.29, 1.82) is 0 Å². The maximum Gasteiger partial charge on any atom is 0.191 e. The summed E-state index contributed by atoms with van der Waals surface area (Å²) in [5, 5.41) is 17.2. The molecule has 5 nitrogen and oxygen atoms in total. The summed E-state index contributed by atoms with van der Waals surface area (Å²) < 4.78 is 5.65. The Balaban J connectivity index is 1.74. The van der Waals surface area contributed by atoms with Crippen LogP contribution in [0.4, 0.5) is 0 Å². The maximum absolute atomic E-state index is 10.2. The van der Waals surface area contributed by atoms with E-state index >= 15 is 0 Å². The number of ether oxygens (including phenoxy) is 1. The molecule has 0 aliphatic carbocycles. The van der Waals surface area contributed by atoms with Crippen LogP contribution in [0.25, 0.3) is 0 Å². The van der Waals surface area contributed by atoms with E-state index in [2.05, 4.69) is 15.6 Å². The Labute approximate surface area is 160 Å². The van der Waals surface area contributed by atoms with Crippen molar-refractivity contribution < 1.29 is 9.84 Å². The van der Waals surface area contributed by atoms with Crippen molar-refractivity contribution in [3.05, 3.63) is 70.7 Å². The van der Waals surface area contributed by atoms with Crippen LogP contribution in [-0.4, -0.2) is 37.3 Å². The molecular formula is C20H26ClN3O2. The fourth-order valence-electron chi connectivity index (χ4n) is 2.32. The van der Waals surface area contributed by atoms with Crippen LogP contribution < -0.4 is 10.6 Å². The summed E-state index contributed by atoms with van der Waals surface area (Å²) in [6.07, 6.45) is -0.669. The van der Waals surface area contributed by atoms with Crippen LogP contribution in [0.1, 0.15) is 24.2 Å². The van der Waals surface area contributed by atoms with Gasteiger partial charge in [-0.3, -0.25) is 4.99 Å². The van der Waals surface area contributed by atoms with Crippen molar-refractivity contribution in [3.8, 4) is 0 Å². The third-order valence-corrected chi connectivity index (χ3v) is 3.92. The summed E-state index contributed by atoms with van der Waals surface area (Å²) in [7, 11) is 0. The van der Waals surface area contributed by atoms with Crippen LogP contribution in [0, 0.1) is 0 Å². The van der Waals surface area contributed by atoms with Crippen molar-refractivity contribution in [1.82, 2.24) is 10.6 Å². The lowest BCUT2D eigenvalue weighted by molar-refractivity contribution is 0.125. The first-order chi connectivity index (χ1) is 12.7. The predicted octanol–water partition coefficient (Wildman–Crippen LogP) is 3.15. The third-order valence-electron chi connectivity index (χ3n) is 3.67. The monoisotopic (exact) mass is 375 g/mol. The third kappa shape index (κ3) is 7.44. The number of benzene rings is 2. The molecule has 0 spiro atoms. The fraction of sp³-hybridized carbons (Fsp3) is 0.350. The molecule has 0 aromatic heterocycles. The summed E-state index contributed by atoms with van der Waals surface area (Å²) in [4.78, 5) is 4.42. The maximum atomic E-state index is 10.2. The molecule has 2 rings (SSSR count). The predicted molar refractivity (Wildman–Crippen MR) is 106 cm³/mol. The molecule has 0 aliphatic rings. The van der Waals surface area contributed by atoms with Gasteiger partial charge in [-0.05, 0) is 30.2 Å². The molecule has 6 heteroatoms. The van der Waals surface area contributed by atoms with E-state index in [1.165, 1.54) is 0 Å². The Morgan fingerprint density at radius 1 is 1.12 bits per heavy atom. The Hall–Kier alpha value is -2.08. The number of hydrogen-bond acceptors (Lipinski definition) is 3. The van der Waals surface area contributed by atoms with Gasteiger partial charge in [0, 0.05) is 18.1 Å². The Kier molecular flexibility index (Phi) is 8.96. The molecular weight excluding hydrogens is 350 g/mol. The minimum atomic E-state index is -0.669. The zero-order valence-electron chi connectivity index (χ0n) is 15.0. The number of halogens is 1. The zero-order valence-corrected chi connectivity index (χ0v) is 15.7. The standard InChI is InChI=1S/C20H26ClN3O2/c1-2-22-20(23-12-13-26-15-16-6-4-3-5-7-16)24-14-19(25)17-8-10-18(21)11-9-17/h3-11,19,25H,2,12-15H2,1H3,(H2,22,23,24). The summed E-state index contributed by atoms with van der Waals surface area (Å²) in [5.41, 5.74) is 1.94. The molecule has 2 aromatic carbocycles. The highest BCUT2D eigenvalue weighted by Gasteiger charge is 2.07. The highest BCUT2D eigenvalue weighted by molar-refractivity contribution is 6.30. The van der Waals surface area contributed by atoms with Gasteiger partial charge in [-0.25, -0.2) is 0 Å². The highest BCUT2D eigenvalue weighted by atomic mass is 35.5. The first kappa shape index (κ1) is 20.2. The first-order valence-corrected chi connectivity index (χ1v) is 9.14. The molecule has 3 N–H and O–H groups in total. The average molecular weight is 376 g/mol. The quantitative estimate of drug-likeness (QED) is 0.358. The molecule has 0 fully saturated rings. The summed E-state index contributed by atoms with van der Waals surface area (Å²) in [6.45, 7) is 4.80. The number of aliphatic hydroxyl groups excluding tert-OH is 1. The number of aliphatic imine (C=N–C) groups is 1. The van der Waals surface area contributed by atoms with E-state index in [0.29, 0.717) is 30.7 Å². The lowest BCUT2D eigenvalue weighted by Gasteiger charge is -2.13. The van der Waals surface area contributed by atoms with Crippen LogP contribution in [0.3, 0.4) is 0 Å². The van der Waals surface area contributed by atoms with Crippen molar-refractivity contribution in [2.75, 3.05) is 26.2 Å². The second-order valence-electron chi connectivity index (χ2n) is 5.75. The van der Waals surface area contributed by atoms with Crippen molar-refractivity contribution in [3.63, 3.8) is 0 Å². The molecule has 140 valence electrons. The van der Waals surface area contributed by atoms with E-state index in [1.807, 2.05) is 37.3 Å². The van der Waals surface area contributed by atoms with E-state index in [-0.39, 0.29) is 6.54 Å². The van der Waals surface area contributed by atoms with E-state index < -0.39 is 6.10 Å². The van der Waals surface area contributed by atoms with E-state index in [4.69, 9.17) is 16.3 Å². The van der Waals surface area contributed by atoms with Crippen LogP contribution in [0.5, 0.6) is 0 Å². The van der Waals surface area contributed by atoms with E-state index in [9.17, 15) is 5.11 Å². The minimum Gasteiger partial charge on any atom is -0.386 e. The number of guanidine groups is 1. The Bertz CT molecular complexity index is 663. The van der Waals surface area contributed by atoms with E-state index in [0.717, 1.165) is 17.7 Å². The zero-order chi connectivity index (χ0) is 18.6. The second-order valence-corrected chi connectivity index (χ2v) is 6.19. The number of nitrogens with zero attached hydrogens (tertiary/aromatic N) is 1. The number of aliphatic hydroxyl groups is 1. The van der Waals surface area contributed by atoms with Crippen LogP contribution >= 0.6 is 11.6 Å². The molecule has 0 heterocycles. The van der Waals surface area contributed by atoms with Gasteiger partial charge in [0.15, 0.2) is 5.96 Å². The summed E-state index contributed by atoms with van der Waals surface area (Å²) in [5.74, 6) is 0.656. The van der Waals surface area contributed by atoms with Gasteiger partial charge >= 0.3 is 0 Å². The van der Waals surface area contributed by atoms with Crippen LogP contribution in [-0.2, 0) is 11.3 Å². The second kappa shape index (κ2) is 11.5. The molecule has 0 bridgehead atoms. The molecule has 1 atom stereocenters. The normalized spacial score (nSPS) is 12.7. The molecule has 1 unspecified atom stereocenters. The molecule has 0 radical (unpaired) electrons. The van der Waals surface area contributed by atoms with Gasteiger partial charge in [0.05, 0.1) is 25.9 Å². The van der Waals surface area contributed by atoms with Gasteiger partial charge in [0.2, 0.25) is 0 Å². The Morgan fingerprint density at radius 2 is 1.85 bits per heavy atom. The van der Waals surface area contributed by atoms with Gasteiger partial charge in [0.25, 0.3) is 0 Å². The van der Waals surface area contributed by atoms with Crippen molar-refractivity contribution in [2.24, 2.45) is 4.99 Å². The average Bonchev–Trinajstić information content (AvgIpc) is 2.67. The number of rotatable bonds is 9. The van der Waals surface area contributed by atoms with E-state index in [1.54, 1.807) is 24.3 Å². The Morgan fingerprint density at radius 3 is 2.54 bits per heavy atom. The van der Waals surface area contributed by atoms with Gasteiger partial charge in [-0.2, -0.15) is 0 Å². The summed E-state index contributed by atoms with van der Waals surface area (Å²) in [6, 6.07) is 17.2. The lowest BCUT2D eigenvalue weighted by Crippen LogP contribution is -2.39. The smallest absolute Gasteiger partial charge is 0.191 e. The SMILES string of the molecule is CCNC(=NCC(O)c1ccc(Cl)cc1)NCCOCc1ccccc1. The summed E-state index contributed by atoms with van der Waals surface area (Å²) >= 11 is 5.87. The molecule has 0 saturated heterocycles. The van der Waals surface area contributed by atoms with Crippen molar-refractivity contribution >= 4 is 17.6 Å². The van der Waals surface area contributed by atoms with Crippen LogP contribution in [0.15, 0.2) is 59.6 Å². The molecule has 2 aromatic rings. The molecule has 0 saturated carbocycles. The number of nitrogens with one attached hydrogen (secondary N) is 2. The minimum absolute atomic E-state index is 0.266. The van der Waals surface area contributed by atoms with Gasteiger partial charge in [0.1, 0.15) is 0 Å². The lowest BCUT2D eigenvalue weighted by atomic mass is 10.1. The van der Waals surface area contributed by atoms with Gasteiger partial charge in [-0.15, -0.1) is 0 Å². The van der Waals surface area contributed by atoms with Gasteiger partial charge in [-0.1, -0.05) is 54.1 Å². The first-order valence-electron chi connectivity index (χ1n) is 8.76. The molecule has 0 aliphatic heterocycles. The molecule has 0 amide bonds. The molecule has 26 heavy (non-hydrogen) atoms. The van der Waals surface area contributed by atoms with Crippen LogP contribution in [0.2, 0.25) is 5.02 Å². The van der Waals surface area contributed by atoms with Crippen molar-refractivity contribution in [2.45, 2.75) is 19.6 Å². The van der Waals surface area contributed by atoms with Gasteiger partial charge < -0.3 is 20.5 Å².